The molecule has 0 bridgehead atoms. The SMILES string of the molecule is COc1cc(C(=O)c2coc3ccccc23)cc(OC)c1OC. The Morgan fingerprint density at radius 3 is 2.22 bits per heavy atom. The third-order valence-electron chi connectivity index (χ3n) is 3.65. The van der Waals surface area contributed by atoms with Gasteiger partial charge in [-0.2, -0.15) is 0 Å². The molecule has 5 heteroatoms. The van der Waals surface area contributed by atoms with Crippen LogP contribution in [0.3, 0.4) is 0 Å². The van der Waals surface area contributed by atoms with Crippen LogP contribution in [0.1, 0.15) is 15.9 Å². The molecule has 0 radical (unpaired) electrons. The molecule has 23 heavy (non-hydrogen) atoms. The average Bonchev–Trinajstić information content (AvgIpc) is 3.03. The molecule has 5 nitrogen and oxygen atoms in total. The monoisotopic (exact) mass is 312 g/mol. The minimum Gasteiger partial charge on any atom is -0.493 e. The summed E-state index contributed by atoms with van der Waals surface area (Å²) in [4.78, 5) is 12.8. The summed E-state index contributed by atoms with van der Waals surface area (Å²) >= 11 is 0. The zero-order valence-corrected chi connectivity index (χ0v) is 13.1. The third-order valence-corrected chi connectivity index (χ3v) is 3.65. The van der Waals surface area contributed by atoms with E-state index in [9.17, 15) is 4.79 Å². The van der Waals surface area contributed by atoms with Gasteiger partial charge in [-0.25, -0.2) is 0 Å². The first kappa shape index (κ1) is 15.0. The van der Waals surface area contributed by atoms with Crippen LogP contribution in [0.15, 0.2) is 47.1 Å². The fourth-order valence-corrected chi connectivity index (χ4v) is 2.52. The predicted molar refractivity (Wildman–Crippen MR) is 85.7 cm³/mol. The van der Waals surface area contributed by atoms with Crippen LogP contribution in [-0.2, 0) is 0 Å². The summed E-state index contributed by atoms with van der Waals surface area (Å²) in [7, 11) is 4.54. The lowest BCUT2D eigenvalue weighted by molar-refractivity contribution is 0.103. The van der Waals surface area contributed by atoms with E-state index in [0.717, 1.165) is 5.39 Å². The van der Waals surface area contributed by atoms with Crippen molar-refractivity contribution in [2.24, 2.45) is 0 Å². The van der Waals surface area contributed by atoms with Gasteiger partial charge in [0.2, 0.25) is 5.75 Å². The zero-order chi connectivity index (χ0) is 16.4. The van der Waals surface area contributed by atoms with Crippen molar-refractivity contribution in [3.8, 4) is 17.2 Å². The number of benzene rings is 2. The van der Waals surface area contributed by atoms with Gasteiger partial charge in [-0.1, -0.05) is 18.2 Å². The topological polar surface area (TPSA) is 57.9 Å². The molecule has 0 fully saturated rings. The Morgan fingerprint density at radius 2 is 1.61 bits per heavy atom. The lowest BCUT2D eigenvalue weighted by Gasteiger charge is -2.13. The number of fused-ring (bicyclic) bond motifs is 1. The molecule has 1 aromatic heterocycles. The van der Waals surface area contributed by atoms with Crippen LogP contribution in [0, 0.1) is 0 Å². The largest absolute Gasteiger partial charge is 0.493 e. The van der Waals surface area contributed by atoms with Crippen molar-refractivity contribution in [2.75, 3.05) is 21.3 Å². The van der Waals surface area contributed by atoms with E-state index >= 15 is 0 Å². The fourth-order valence-electron chi connectivity index (χ4n) is 2.52. The molecule has 2 aromatic carbocycles. The molecule has 3 rings (SSSR count). The predicted octanol–water partition coefficient (Wildman–Crippen LogP) is 3.69. The van der Waals surface area contributed by atoms with Crippen LogP contribution in [0.4, 0.5) is 0 Å². The lowest BCUT2D eigenvalue weighted by Crippen LogP contribution is -2.03. The lowest BCUT2D eigenvalue weighted by atomic mass is 10.0. The number of hydrogen-bond acceptors (Lipinski definition) is 5. The molecule has 0 aliphatic heterocycles. The molecule has 1 heterocycles. The normalized spacial score (nSPS) is 10.6. The molecule has 0 atom stereocenters. The molecule has 0 unspecified atom stereocenters. The van der Waals surface area contributed by atoms with Crippen molar-refractivity contribution >= 4 is 16.8 Å². The standard InChI is InChI=1S/C18H16O5/c1-20-15-8-11(9-16(21-2)18(15)22-3)17(19)13-10-23-14-7-5-4-6-12(13)14/h4-10H,1-3H3. The van der Waals surface area contributed by atoms with Gasteiger partial charge < -0.3 is 18.6 Å². The highest BCUT2D eigenvalue weighted by Crippen LogP contribution is 2.39. The number of rotatable bonds is 5. The second-order valence-electron chi connectivity index (χ2n) is 4.89. The van der Waals surface area contributed by atoms with Gasteiger partial charge in [-0.3, -0.25) is 4.79 Å². The first-order chi connectivity index (χ1) is 11.2. The number of hydrogen-bond donors (Lipinski definition) is 0. The maximum Gasteiger partial charge on any atom is 0.203 e. The average molecular weight is 312 g/mol. The fraction of sp³-hybridized carbons (Fsp3) is 0.167. The highest BCUT2D eigenvalue weighted by atomic mass is 16.5. The summed E-state index contributed by atoms with van der Waals surface area (Å²) in [5, 5.41) is 0.770. The van der Waals surface area contributed by atoms with E-state index in [1.807, 2.05) is 24.3 Å². The van der Waals surface area contributed by atoms with E-state index in [-0.39, 0.29) is 5.78 Å². The minimum absolute atomic E-state index is 0.172. The van der Waals surface area contributed by atoms with Crippen molar-refractivity contribution < 1.29 is 23.4 Å². The second kappa shape index (κ2) is 6.04. The van der Waals surface area contributed by atoms with Crippen LogP contribution in [-0.4, -0.2) is 27.1 Å². The quantitative estimate of drug-likeness (QED) is 0.672. The van der Waals surface area contributed by atoms with E-state index in [0.29, 0.717) is 34.0 Å². The Kier molecular flexibility index (Phi) is 3.93. The number of methoxy groups -OCH3 is 3. The molecule has 0 N–H and O–H groups in total. The summed E-state index contributed by atoms with van der Waals surface area (Å²) in [5.74, 6) is 1.14. The Balaban J connectivity index is 2.12. The van der Waals surface area contributed by atoms with E-state index in [1.54, 1.807) is 12.1 Å². The molecular weight excluding hydrogens is 296 g/mol. The molecule has 0 amide bonds. The van der Waals surface area contributed by atoms with Gasteiger partial charge in [0.15, 0.2) is 17.3 Å². The Labute approximate surface area is 133 Å². The third kappa shape index (κ3) is 2.50. The van der Waals surface area contributed by atoms with Gasteiger partial charge in [0.05, 0.1) is 26.9 Å². The first-order valence-corrected chi connectivity index (χ1v) is 7.00. The van der Waals surface area contributed by atoms with Crippen molar-refractivity contribution in [1.29, 1.82) is 0 Å². The van der Waals surface area contributed by atoms with Gasteiger partial charge in [-0.05, 0) is 18.2 Å². The second-order valence-corrected chi connectivity index (χ2v) is 4.89. The molecular formula is C18H16O5. The Bertz CT molecular complexity index is 838. The summed E-state index contributed by atoms with van der Waals surface area (Å²) in [6, 6.07) is 10.7. The molecule has 0 spiro atoms. The zero-order valence-electron chi connectivity index (χ0n) is 13.1. The molecule has 0 saturated carbocycles. The number of furan rings is 1. The van der Waals surface area contributed by atoms with Crippen LogP contribution >= 0.6 is 0 Å². The smallest absolute Gasteiger partial charge is 0.203 e. The molecule has 118 valence electrons. The molecule has 0 aliphatic rings. The molecule has 3 aromatic rings. The number of ether oxygens (including phenoxy) is 3. The number of ketones is 1. The minimum atomic E-state index is -0.172. The maximum atomic E-state index is 12.8. The Morgan fingerprint density at radius 1 is 0.957 bits per heavy atom. The van der Waals surface area contributed by atoms with Gasteiger partial charge in [0.1, 0.15) is 11.8 Å². The van der Waals surface area contributed by atoms with Crippen LogP contribution < -0.4 is 14.2 Å². The van der Waals surface area contributed by atoms with E-state index in [2.05, 4.69) is 0 Å². The van der Waals surface area contributed by atoms with Crippen LogP contribution in [0.2, 0.25) is 0 Å². The maximum absolute atomic E-state index is 12.8. The number of para-hydroxylation sites is 1. The van der Waals surface area contributed by atoms with E-state index in [4.69, 9.17) is 18.6 Å². The number of carbonyl (C=O) groups excluding carboxylic acids is 1. The van der Waals surface area contributed by atoms with E-state index < -0.39 is 0 Å². The van der Waals surface area contributed by atoms with Crippen LogP contribution in [0.5, 0.6) is 17.2 Å². The highest BCUT2D eigenvalue weighted by molar-refractivity contribution is 6.16. The van der Waals surface area contributed by atoms with Crippen molar-refractivity contribution in [2.45, 2.75) is 0 Å². The summed E-state index contributed by atoms with van der Waals surface area (Å²) in [5.41, 5.74) is 1.60. The molecule has 0 saturated heterocycles. The molecule has 0 aliphatic carbocycles. The highest BCUT2D eigenvalue weighted by Gasteiger charge is 2.20. The van der Waals surface area contributed by atoms with Gasteiger partial charge >= 0.3 is 0 Å². The van der Waals surface area contributed by atoms with Crippen molar-refractivity contribution in [3.05, 3.63) is 53.8 Å². The van der Waals surface area contributed by atoms with E-state index in [1.165, 1.54) is 27.6 Å². The van der Waals surface area contributed by atoms with Crippen molar-refractivity contribution in [1.82, 2.24) is 0 Å². The van der Waals surface area contributed by atoms with Crippen molar-refractivity contribution in [3.63, 3.8) is 0 Å². The number of carbonyl (C=O) groups is 1. The van der Waals surface area contributed by atoms with Gasteiger partial charge in [-0.15, -0.1) is 0 Å². The summed E-state index contributed by atoms with van der Waals surface area (Å²) < 4.78 is 21.3. The van der Waals surface area contributed by atoms with Gasteiger partial charge in [0, 0.05) is 10.9 Å². The van der Waals surface area contributed by atoms with Crippen LogP contribution in [0.25, 0.3) is 11.0 Å². The summed E-state index contributed by atoms with van der Waals surface area (Å²) in [6.45, 7) is 0. The van der Waals surface area contributed by atoms with Gasteiger partial charge in [0.25, 0.3) is 0 Å². The Hall–Kier alpha value is -2.95. The summed E-state index contributed by atoms with van der Waals surface area (Å²) in [6.07, 6.45) is 1.47. The first-order valence-electron chi connectivity index (χ1n) is 7.00.